The average Bonchev–Trinajstić information content (AvgIpc) is 2.41. The number of hydrogen-bond donors (Lipinski definition) is 1. The molecule has 0 bridgehead atoms. The number of aryl methyl sites for hydroxylation is 1. The highest BCUT2D eigenvalue weighted by Crippen LogP contribution is 2.23. The van der Waals surface area contributed by atoms with Crippen LogP contribution in [0.1, 0.15) is 11.1 Å². The highest BCUT2D eigenvalue weighted by atomic mass is 16.5. The first kappa shape index (κ1) is 13.3. The lowest BCUT2D eigenvalue weighted by molar-refractivity contribution is 0.0321. The number of rotatable bonds is 5. The minimum Gasteiger partial charge on any atom is -0.492 e. The van der Waals surface area contributed by atoms with E-state index < -0.39 is 0 Å². The molecule has 1 aliphatic heterocycles. The highest BCUT2D eigenvalue weighted by Gasteiger charge is 2.11. The average molecular weight is 251 g/mol. The van der Waals surface area contributed by atoms with E-state index in [0.717, 1.165) is 49.7 Å². The molecule has 0 spiro atoms. The number of ether oxygens (including phenoxy) is 2. The van der Waals surface area contributed by atoms with Crippen molar-refractivity contribution < 1.29 is 14.6 Å². The van der Waals surface area contributed by atoms with Crippen molar-refractivity contribution in [1.82, 2.24) is 4.90 Å². The molecule has 0 saturated carbocycles. The summed E-state index contributed by atoms with van der Waals surface area (Å²) in [4.78, 5) is 2.33. The van der Waals surface area contributed by atoms with E-state index in [-0.39, 0.29) is 6.61 Å². The van der Waals surface area contributed by atoms with Crippen LogP contribution in [0.4, 0.5) is 0 Å². The molecule has 1 heterocycles. The largest absolute Gasteiger partial charge is 0.492 e. The van der Waals surface area contributed by atoms with Gasteiger partial charge in [-0.15, -0.1) is 0 Å². The van der Waals surface area contributed by atoms with E-state index in [1.54, 1.807) is 0 Å². The van der Waals surface area contributed by atoms with Crippen LogP contribution in [-0.2, 0) is 11.3 Å². The van der Waals surface area contributed by atoms with Gasteiger partial charge in [-0.2, -0.15) is 0 Å². The van der Waals surface area contributed by atoms with Crippen LogP contribution in [0.3, 0.4) is 0 Å². The molecule has 18 heavy (non-hydrogen) atoms. The number of para-hydroxylation sites is 1. The van der Waals surface area contributed by atoms with E-state index in [4.69, 9.17) is 9.47 Å². The summed E-state index contributed by atoms with van der Waals surface area (Å²) in [6, 6.07) is 5.84. The Morgan fingerprint density at radius 3 is 2.83 bits per heavy atom. The van der Waals surface area contributed by atoms with Gasteiger partial charge in [0.05, 0.1) is 19.8 Å². The fourth-order valence-corrected chi connectivity index (χ4v) is 2.15. The van der Waals surface area contributed by atoms with Gasteiger partial charge in [-0.05, 0) is 12.5 Å². The first-order chi connectivity index (χ1) is 8.81. The van der Waals surface area contributed by atoms with Crippen molar-refractivity contribution in [2.75, 3.05) is 39.5 Å². The Kier molecular flexibility index (Phi) is 4.99. The van der Waals surface area contributed by atoms with Crippen molar-refractivity contribution in [2.24, 2.45) is 0 Å². The molecular weight excluding hydrogens is 230 g/mol. The molecular formula is C14H21NO3. The molecule has 0 aromatic heterocycles. The molecule has 1 aromatic carbocycles. The fourth-order valence-electron chi connectivity index (χ4n) is 2.15. The predicted octanol–water partition coefficient (Wildman–Crippen LogP) is 1.20. The van der Waals surface area contributed by atoms with Gasteiger partial charge in [0, 0.05) is 25.2 Å². The van der Waals surface area contributed by atoms with E-state index >= 15 is 0 Å². The minimum absolute atomic E-state index is 0.0224. The summed E-state index contributed by atoms with van der Waals surface area (Å²) in [5.74, 6) is 0.827. The van der Waals surface area contributed by atoms with Gasteiger partial charge >= 0.3 is 0 Å². The summed E-state index contributed by atoms with van der Waals surface area (Å²) in [6.45, 7) is 7.16. The Labute approximate surface area is 108 Å². The van der Waals surface area contributed by atoms with Crippen LogP contribution in [0.5, 0.6) is 5.75 Å². The van der Waals surface area contributed by atoms with Crippen LogP contribution in [0.25, 0.3) is 0 Å². The first-order valence-electron chi connectivity index (χ1n) is 6.43. The van der Waals surface area contributed by atoms with Crippen LogP contribution in [-0.4, -0.2) is 49.5 Å². The Hall–Kier alpha value is -1.10. The third kappa shape index (κ3) is 3.45. The zero-order chi connectivity index (χ0) is 12.8. The minimum atomic E-state index is 0.0224. The smallest absolute Gasteiger partial charge is 0.127 e. The summed E-state index contributed by atoms with van der Waals surface area (Å²) in [7, 11) is 0. The number of benzene rings is 1. The number of morpholine rings is 1. The van der Waals surface area contributed by atoms with Crippen molar-refractivity contribution in [1.29, 1.82) is 0 Å². The molecule has 1 aromatic rings. The van der Waals surface area contributed by atoms with Crippen LogP contribution in [0.2, 0.25) is 0 Å². The van der Waals surface area contributed by atoms with Crippen molar-refractivity contribution >= 4 is 0 Å². The molecule has 0 atom stereocenters. The topological polar surface area (TPSA) is 41.9 Å². The summed E-state index contributed by atoms with van der Waals surface area (Å²) in [6.07, 6.45) is 0. The molecule has 1 saturated heterocycles. The molecule has 1 N–H and O–H groups in total. The van der Waals surface area contributed by atoms with Crippen molar-refractivity contribution in [3.8, 4) is 5.75 Å². The van der Waals surface area contributed by atoms with E-state index in [9.17, 15) is 5.11 Å². The Morgan fingerprint density at radius 2 is 2.11 bits per heavy atom. The molecule has 1 aliphatic rings. The third-order valence-corrected chi connectivity index (χ3v) is 3.22. The van der Waals surface area contributed by atoms with E-state index in [0.29, 0.717) is 6.61 Å². The summed E-state index contributed by atoms with van der Waals surface area (Å²) >= 11 is 0. The summed E-state index contributed by atoms with van der Waals surface area (Å²) < 4.78 is 11.1. The molecule has 2 rings (SSSR count). The van der Waals surface area contributed by atoms with Gasteiger partial charge in [-0.3, -0.25) is 4.90 Å². The van der Waals surface area contributed by atoms with Crippen LogP contribution >= 0.6 is 0 Å². The summed E-state index contributed by atoms with van der Waals surface area (Å²) in [5, 5.41) is 9.28. The van der Waals surface area contributed by atoms with Crippen molar-refractivity contribution in [3.05, 3.63) is 29.3 Å². The molecule has 4 nitrogen and oxygen atoms in total. The monoisotopic (exact) mass is 251 g/mol. The number of nitrogens with zero attached hydrogens (tertiary/aromatic N) is 1. The molecule has 0 radical (unpaired) electrons. The predicted molar refractivity (Wildman–Crippen MR) is 69.9 cm³/mol. The quantitative estimate of drug-likeness (QED) is 0.854. The highest BCUT2D eigenvalue weighted by molar-refractivity contribution is 5.40. The van der Waals surface area contributed by atoms with E-state index in [2.05, 4.69) is 4.90 Å². The lowest BCUT2D eigenvalue weighted by Crippen LogP contribution is -2.38. The maximum atomic E-state index is 9.28. The molecule has 4 heteroatoms. The zero-order valence-electron chi connectivity index (χ0n) is 10.9. The van der Waals surface area contributed by atoms with Gasteiger partial charge in [0.15, 0.2) is 0 Å². The first-order valence-corrected chi connectivity index (χ1v) is 6.43. The Balaban J connectivity index is 1.85. The van der Waals surface area contributed by atoms with Crippen molar-refractivity contribution in [2.45, 2.75) is 13.5 Å². The second kappa shape index (κ2) is 6.73. The standard InChI is InChI=1S/C14H21NO3/c1-12-3-2-4-13(11-16)14(12)18-10-7-15-5-8-17-9-6-15/h2-4,16H,5-11H2,1H3. The van der Waals surface area contributed by atoms with Crippen LogP contribution < -0.4 is 4.74 Å². The summed E-state index contributed by atoms with van der Waals surface area (Å²) in [5.41, 5.74) is 1.93. The number of hydrogen-bond acceptors (Lipinski definition) is 4. The van der Waals surface area contributed by atoms with Gasteiger partial charge in [0.25, 0.3) is 0 Å². The third-order valence-electron chi connectivity index (χ3n) is 3.22. The lowest BCUT2D eigenvalue weighted by Gasteiger charge is -2.26. The fraction of sp³-hybridized carbons (Fsp3) is 0.571. The van der Waals surface area contributed by atoms with Gasteiger partial charge < -0.3 is 14.6 Å². The maximum Gasteiger partial charge on any atom is 0.127 e. The lowest BCUT2D eigenvalue weighted by atomic mass is 10.1. The van der Waals surface area contributed by atoms with Crippen LogP contribution in [0.15, 0.2) is 18.2 Å². The zero-order valence-corrected chi connectivity index (χ0v) is 10.9. The van der Waals surface area contributed by atoms with Gasteiger partial charge in [0.2, 0.25) is 0 Å². The Morgan fingerprint density at radius 1 is 1.33 bits per heavy atom. The van der Waals surface area contributed by atoms with E-state index in [1.165, 1.54) is 0 Å². The molecule has 0 aliphatic carbocycles. The maximum absolute atomic E-state index is 9.28. The normalized spacial score (nSPS) is 16.8. The van der Waals surface area contributed by atoms with Gasteiger partial charge in [0.1, 0.15) is 12.4 Å². The number of aliphatic hydroxyl groups excluding tert-OH is 1. The molecule has 1 fully saturated rings. The second-order valence-electron chi connectivity index (χ2n) is 4.52. The van der Waals surface area contributed by atoms with E-state index in [1.807, 2.05) is 25.1 Å². The molecule has 100 valence electrons. The second-order valence-corrected chi connectivity index (χ2v) is 4.52. The Bertz CT molecular complexity index is 375. The number of aliphatic hydroxyl groups is 1. The van der Waals surface area contributed by atoms with Crippen molar-refractivity contribution in [3.63, 3.8) is 0 Å². The molecule has 0 unspecified atom stereocenters. The van der Waals surface area contributed by atoms with Gasteiger partial charge in [-0.1, -0.05) is 18.2 Å². The van der Waals surface area contributed by atoms with Crippen LogP contribution in [0, 0.1) is 6.92 Å². The molecule has 0 amide bonds. The SMILES string of the molecule is Cc1cccc(CO)c1OCCN1CCOCC1. The van der Waals surface area contributed by atoms with Gasteiger partial charge in [-0.25, -0.2) is 0 Å².